The van der Waals surface area contributed by atoms with Crippen molar-refractivity contribution in [2.45, 2.75) is 20.4 Å². The first-order chi connectivity index (χ1) is 18.0. The number of rotatable bonds is 10. The Morgan fingerprint density at radius 3 is 2.43 bits per heavy atom. The number of aliphatic imine (C=N–C) groups is 1. The molecular formula is C29H30N4O4. The standard InChI is InChI=1S/C29H30N4O4/c1-3-37-29(36)22-11-14-24-25(17-22)33-28(35)26(24)27(21-7-5-4-6-8-21)32-23-12-9-20(10-13-23)18-30-15-16-31-19(2)34/h4-14,17,30,33,35H,3,15-16,18H2,1-2H3,(H,31,34). The first-order valence-electron chi connectivity index (χ1n) is 12.2. The van der Waals surface area contributed by atoms with Crippen LogP contribution in [0.5, 0.6) is 5.88 Å². The number of hydrogen-bond acceptors (Lipinski definition) is 6. The van der Waals surface area contributed by atoms with Crippen molar-refractivity contribution in [3.05, 3.63) is 95.1 Å². The monoisotopic (exact) mass is 498 g/mol. The first kappa shape index (κ1) is 25.7. The summed E-state index contributed by atoms with van der Waals surface area (Å²) in [5.41, 5.74) is 4.85. The number of nitrogens with one attached hydrogen (secondary N) is 3. The number of esters is 1. The number of fused-ring (bicyclic) bond motifs is 1. The van der Waals surface area contributed by atoms with Gasteiger partial charge in [-0.15, -0.1) is 0 Å². The zero-order chi connectivity index (χ0) is 26.2. The third-order valence-corrected chi connectivity index (χ3v) is 5.76. The van der Waals surface area contributed by atoms with Crippen LogP contribution in [0.3, 0.4) is 0 Å². The molecule has 3 aromatic carbocycles. The van der Waals surface area contributed by atoms with Gasteiger partial charge in [0.15, 0.2) is 5.88 Å². The normalized spacial score (nSPS) is 11.5. The summed E-state index contributed by atoms with van der Waals surface area (Å²) >= 11 is 0. The highest BCUT2D eigenvalue weighted by atomic mass is 16.5. The van der Waals surface area contributed by atoms with E-state index in [1.807, 2.05) is 54.6 Å². The molecule has 1 heterocycles. The second kappa shape index (κ2) is 12.0. The summed E-state index contributed by atoms with van der Waals surface area (Å²) in [5, 5.41) is 17.7. The van der Waals surface area contributed by atoms with E-state index in [4.69, 9.17) is 9.73 Å². The molecular weight excluding hydrogens is 468 g/mol. The Balaban J connectivity index is 1.64. The van der Waals surface area contributed by atoms with Crippen LogP contribution in [0, 0.1) is 0 Å². The van der Waals surface area contributed by atoms with Crippen LogP contribution in [0.15, 0.2) is 77.8 Å². The zero-order valence-corrected chi connectivity index (χ0v) is 20.9. The Bertz CT molecular complexity index is 1410. The van der Waals surface area contributed by atoms with Crippen LogP contribution in [0.1, 0.15) is 40.9 Å². The average Bonchev–Trinajstić information content (AvgIpc) is 3.23. The number of benzene rings is 3. The van der Waals surface area contributed by atoms with Gasteiger partial charge in [0.2, 0.25) is 5.91 Å². The fourth-order valence-corrected chi connectivity index (χ4v) is 4.00. The van der Waals surface area contributed by atoms with Crippen molar-refractivity contribution in [3.63, 3.8) is 0 Å². The summed E-state index contributed by atoms with van der Waals surface area (Å²) in [7, 11) is 0. The van der Waals surface area contributed by atoms with Gasteiger partial charge in [0.25, 0.3) is 0 Å². The molecule has 1 aromatic heterocycles. The third-order valence-electron chi connectivity index (χ3n) is 5.76. The van der Waals surface area contributed by atoms with Crippen molar-refractivity contribution >= 4 is 34.2 Å². The Labute approximate surface area is 215 Å². The summed E-state index contributed by atoms with van der Waals surface area (Å²) in [6.45, 7) is 5.47. The van der Waals surface area contributed by atoms with Crippen LogP contribution < -0.4 is 10.6 Å². The lowest BCUT2D eigenvalue weighted by atomic mass is 10.00. The SMILES string of the molecule is CCOC(=O)c1ccc2c(C(=Nc3ccc(CNCCNC(C)=O)cc3)c3ccccc3)c(O)[nH]c2c1. The summed E-state index contributed by atoms with van der Waals surface area (Å²) in [6, 6.07) is 22.7. The summed E-state index contributed by atoms with van der Waals surface area (Å²) in [6.07, 6.45) is 0. The highest BCUT2D eigenvalue weighted by molar-refractivity contribution is 6.22. The van der Waals surface area contributed by atoms with Gasteiger partial charge in [-0.3, -0.25) is 4.79 Å². The molecule has 0 saturated carbocycles. The number of nitrogens with zero attached hydrogens (tertiary/aromatic N) is 1. The molecule has 0 spiro atoms. The molecule has 190 valence electrons. The number of H-pyrrole nitrogens is 1. The highest BCUT2D eigenvalue weighted by Crippen LogP contribution is 2.32. The molecule has 0 saturated heterocycles. The van der Waals surface area contributed by atoms with E-state index in [9.17, 15) is 14.7 Å². The van der Waals surface area contributed by atoms with Gasteiger partial charge in [-0.05, 0) is 36.8 Å². The Kier molecular flexibility index (Phi) is 8.33. The van der Waals surface area contributed by atoms with Crippen LogP contribution in [-0.4, -0.2) is 47.4 Å². The van der Waals surface area contributed by atoms with Crippen molar-refractivity contribution < 1.29 is 19.4 Å². The van der Waals surface area contributed by atoms with E-state index in [0.29, 0.717) is 42.0 Å². The molecule has 37 heavy (non-hydrogen) atoms. The van der Waals surface area contributed by atoms with Gasteiger partial charge < -0.3 is 25.5 Å². The smallest absolute Gasteiger partial charge is 0.338 e. The molecule has 0 aliphatic heterocycles. The number of aromatic hydroxyl groups is 1. The van der Waals surface area contributed by atoms with Crippen molar-refractivity contribution in [1.82, 2.24) is 15.6 Å². The molecule has 0 aliphatic rings. The molecule has 1 amide bonds. The lowest BCUT2D eigenvalue weighted by Gasteiger charge is -2.09. The van der Waals surface area contributed by atoms with Crippen LogP contribution >= 0.6 is 0 Å². The Hall–Kier alpha value is -4.43. The van der Waals surface area contributed by atoms with Crippen LogP contribution in [0.2, 0.25) is 0 Å². The van der Waals surface area contributed by atoms with Crippen molar-refractivity contribution in [2.24, 2.45) is 4.99 Å². The molecule has 0 aliphatic carbocycles. The van der Waals surface area contributed by atoms with Gasteiger partial charge in [0.1, 0.15) is 0 Å². The Morgan fingerprint density at radius 2 is 1.73 bits per heavy atom. The molecule has 0 unspecified atom stereocenters. The number of hydrogen-bond donors (Lipinski definition) is 4. The maximum Gasteiger partial charge on any atom is 0.338 e. The molecule has 4 rings (SSSR count). The van der Waals surface area contributed by atoms with Gasteiger partial charge in [0, 0.05) is 43.0 Å². The third kappa shape index (κ3) is 6.42. The lowest BCUT2D eigenvalue weighted by Crippen LogP contribution is -2.29. The predicted molar refractivity (Wildman–Crippen MR) is 144 cm³/mol. The fourth-order valence-electron chi connectivity index (χ4n) is 4.00. The predicted octanol–water partition coefficient (Wildman–Crippen LogP) is 4.45. The second-order valence-corrected chi connectivity index (χ2v) is 8.48. The van der Waals surface area contributed by atoms with Crippen molar-refractivity contribution in [3.8, 4) is 5.88 Å². The number of carbonyl (C=O) groups is 2. The molecule has 0 fully saturated rings. The summed E-state index contributed by atoms with van der Waals surface area (Å²) < 4.78 is 5.11. The van der Waals surface area contributed by atoms with Gasteiger partial charge in [-0.25, -0.2) is 9.79 Å². The van der Waals surface area contributed by atoms with E-state index in [1.165, 1.54) is 6.92 Å². The van der Waals surface area contributed by atoms with E-state index in [2.05, 4.69) is 15.6 Å². The number of carbonyl (C=O) groups excluding carboxylic acids is 2. The molecule has 0 radical (unpaired) electrons. The van der Waals surface area contributed by atoms with Crippen LogP contribution in [0.4, 0.5) is 5.69 Å². The molecule has 0 bridgehead atoms. The van der Waals surface area contributed by atoms with Gasteiger partial charge >= 0.3 is 5.97 Å². The minimum Gasteiger partial charge on any atom is -0.494 e. The van der Waals surface area contributed by atoms with E-state index in [1.54, 1.807) is 25.1 Å². The quantitative estimate of drug-likeness (QED) is 0.147. The maximum atomic E-state index is 12.2. The van der Waals surface area contributed by atoms with E-state index < -0.39 is 5.97 Å². The molecule has 4 aromatic rings. The van der Waals surface area contributed by atoms with Gasteiger partial charge in [-0.1, -0.05) is 48.5 Å². The van der Waals surface area contributed by atoms with Gasteiger partial charge in [-0.2, -0.15) is 0 Å². The van der Waals surface area contributed by atoms with Crippen LogP contribution in [-0.2, 0) is 16.1 Å². The zero-order valence-electron chi connectivity index (χ0n) is 20.9. The van der Waals surface area contributed by atoms with Gasteiger partial charge in [0.05, 0.1) is 29.1 Å². The minimum atomic E-state index is -0.415. The molecule has 4 N–H and O–H groups in total. The first-order valence-corrected chi connectivity index (χ1v) is 12.2. The fraction of sp³-hybridized carbons (Fsp3) is 0.207. The van der Waals surface area contributed by atoms with Crippen LogP contribution in [0.25, 0.3) is 10.9 Å². The van der Waals surface area contributed by atoms with E-state index in [0.717, 1.165) is 22.2 Å². The molecule has 8 heteroatoms. The summed E-state index contributed by atoms with van der Waals surface area (Å²) in [5.74, 6) is -0.487. The maximum absolute atomic E-state index is 12.2. The largest absolute Gasteiger partial charge is 0.494 e. The molecule has 8 nitrogen and oxygen atoms in total. The number of aromatic amines is 1. The van der Waals surface area contributed by atoms with Crippen molar-refractivity contribution in [2.75, 3.05) is 19.7 Å². The van der Waals surface area contributed by atoms with E-state index >= 15 is 0 Å². The van der Waals surface area contributed by atoms with E-state index in [-0.39, 0.29) is 18.4 Å². The summed E-state index contributed by atoms with van der Waals surface area (Å²) in [4.78, 5) is 31.0. The average molecular weight is 499 g/mol. The topological polar surface area (TPSA) is 116 Å². The number of aromatic nitrogens is 1. The number of amides is 1. The highest BCUT2D eigenvalue weighted by Gasteiger charge is 2.20. The molecule has 0 atom stereocenters. The van der Waals surface area contributed by atoms with Crippen molar-refractivity contribution in [1.29, 1.82) is 0 Å². The second-order valence-electron chi connectivity index (χ2n) is 8.48. The number of ether oxygens (including phenoxy) is 1. The lowest BCUT2D eigenvalue weighted by molar-refractivity contribution is -0.118. The minimum absolute atomic E-state index is 0.0291. The Morgan fingerprint density at radius 1 is 0.973 bits per heavy atom.